The highest BCUT2D eigenvalue weighted by Crippen LogP contribution is 2.41. The standard InChI is InChI=1S/C17H22ClFN2O2/c18-15-7-13(19)4-3-12(15)8-21-9-14(11-1-2-11)16(10-21)20-17(23)5-6-22/h3-4,7,11,14,16,22H,1-2,5-6,8-10H2,(H,20,23)/t14-,16+/m0/s1. The van der Waals surface area contributed by atoms with Crippen molar-refractivity contribution in [1.29, 1.82) is 0 Å². The van der Waals surface area contributed by atoms with Gasteiger partial charge in [-0.15, -0.1) is 0 Å². The van der Waals surface area contributed by atoms with Gasteiger partial charge >= 0.3 is 0 Å². The summed E-state index contributed by atoms with van der Waals surface area (Å²) in [6, 6.07) is 4.62. The molecule has 6 heteroatoms. The van der Waals surface area contributed by atoms with Crippen molar-refractivity contribution in [1.82, 2.24) is 10.2 Å². The van der Waals surface area contributed by atoms with Gasteiger partial charge in [0, 0.05) is 37.1 Å². The fourth-order valence-corrected chi connectivity index (χ4v) is 3.70. The van der Waals surface area contributed by atoms with E-state index < -0.39 is 0 Å². The topological polar surface area (TPSA) is 52.6 Å². The van der Waals surface area contributed by atoms with E-state index in [-0.39, 0.29) is 30.8 Å². The predicted octanol–water partition coefficient (Wildman–Crippen LogP) is 2.19. The molecule has 1 saturated heterocycles. The SMILES string of the molecule is O=C(CCO)N[C@@H]1CN(Cc2ccc(F)cc2Cl)C[C@H]1C1CC1. The molecule has 3 rings (SSSR count). The van der Waals surface area contributed by atoms with E-state index in [0.29, 0.717) is 23.4 Å². The Hall–Kier alpha value is -1.17. The fraction of sp³-hybridized carbons (Fsp3) is 0.588. The smallest absolute Gasteiger partial charge is 0.222 e. The quantitative estimate of drug-likeness (QED) is 0.834. The van der Waals surface area contributed by atoms with Gasteiger partial charge in [-0.25, -0.2) is 4.39 Å². The summed E-state index contributed by atoms with van der Waals surface area (Å²) in [5, 5.41) is 12.4. The Morgan fingerprint density at radius 2 is 2.17 bits per heavy atom. The average molecular weight is 341 g/mol. The molecule has 1 saturated carbocycles. The maximum atomic E-state index is 13.1. The van der Waals surface area contributed by atoms with Crippen LogP contribution < -0.4 is 5.32 Å². The first-order valence-corrected chi connectivity index (χ1v) is 8.51. The third kappa shape index (κ3) is 4.22. The number of nitrogens with one attached hydrogen (secondary N) is 1. The Kier molecular flexibility index (Phi) is 5.19. The minimum atomic E-state index is -0.329. The maximum absolute atomic E-state index is 13.1. The summed E-state index contributed by atoms with van der Waals surface area (Å²) >= 11 is 6.12. The number of carbonyl (C=O) groups excluding carboxylic acids is 1. The molecule has 1 aromatic rings. The molecule has 1 aliphatic carbocycles. The van der Waals surface area contributed by atoms with Crippen molar-refractivity contribution in [2.24, 2.45) is 11.8 Å². The lowest BCUT2D eigenvalue weighted by molar-refractivity contribution is -0.122. The summed E-state index contributed by atoms with van der Waals surface area (Å²) < 4.78 is 13.1. The van der Waals surface area contributed by atoms with Crippen molar-refractivity contribution in [3.05, 3.63) is 34.6 Å². The second-order valence-electron chi connectivity index (χ2n) is 6.58. The summed E-state index contributed by atoms with van der Waals surface area (Å²) in [5.41, 5.74) is 0.907. The fourth-order valence-electron chi connectivity index (χ4n) is 3.47. The van der Waals surface area contributed by atoms with Crippen LogP contribution in [-0.4, -0.2) is 41.7 Å². The van der Waals surface area contributed by atoms with Crippen LogP contribution in [0.3, 0.4) is 0 Å². The highest BCUT2D eigenvalue weighted by Gasteiger charge is 2.42. The van der Waals surface area contributed by atoms with Gasteiger partial charge < -0.3 is 10.4 Å². The molecule has 0 radical (unpaired) electrons. The summed E-state index contributed by atoms with van der Waals surface area (Å²) in [6.45, 7) is 2.23. The predicted molar refractivity (Wildman–Crippen MR) is 86.5 cm³/mol. The number of aliphatic hydroxyl groups excluding tert-OH is 1. The molecular formula is C17H22ClFN2O2. The number of benzene rings is 1. The van der Waals surface area contributed by atoms with Gasteiger partial charge in [-0.2, -0.15) is 0 Å². The summed E-state index contributed by atoms with van der Waals surface area (Å²) in [5.74, 6) is 0.718. The van der Waals surface area contributed by atoms with Gasteiger partial charge in [0.25, 0.3) is 0 Å². The number of nitrogens with zero attached hydrogens (tertiary/aromatic N) is 1. The molecular weight excluding hydrogens is 319 g/mol. The Morgan fingerprint density at radius 3 is 2.83 bits per heavy atom. The number of rotatable bonds is 6. The molecule has 126 valence electrons. The third-order valence-corrected chi connectivity index (χ3v) is 5.11. The lowest BCUT2D eigenvalue weighted by atomic mass is 9.98. The second kappa shape index (κ2) is 7.16. The van der Waals surface area contributed by atoms with Crippen LogP contribution in [0.4, 0.5) is 4.39 Å². The van der Waals surface area contributed by atoms with Crippen LogP contribution in [0.5, 0.6) is 0 Å². The third-order valence-electron chi connectivity index (χ3n) is 4.76. The van der Waals surface area contributed by atoms with Crippen LogP contribution in [0.25, 0.3) is 0 Å². The Bertz CT molecular complexity index is 580. The summed E-state index contributed by atoms with van der Waals surface area (Å²) in [4.78, 5) is 14.1. The molecule has 1 amide bonds. The first-order chi connectivity index (χ1) is 11.1. The summed E-state index contributed by atoms with van der Waals surface area (Å²) in [6.07, 6.45) is 2.60. The number of halogens is 2. The molecule has 2 N–H and O–H groups in total. The van der Waals surface area contributed by atoms with Gasteiger partial charge in [0.2, 0.25) is 5.91 Å². The summed E-state index contributed by atoms with van der Waals surface area (Å²) in [7, 11) is 0. The number of aliphatic hydroxyl groups is 1. The number of hydrogen-bond donors (Lipinski definition) is 2. The molecule has 0 unspecified atom stereocenters. The first kappa shape index (κ1) is 16.7. The number of likely N-dealkylation sites (tertiary alicyclic amines) is 1. The zero-order chi connectivity index (χ0) is 16.4. The average Bonchev–Trinajstić information content (AvgIpc) is 3.25. The van der Waals surface area contributed by atoms with Crippen LogP contribution >= 0.6 is 11.6 Å². The van der Waals surface area contributed by atoms with Crippen LogP contribution in [-0.2, 0) is 11.3 Å². The Labute approximate surface area is 140 Å². The molecule has 2 aliphatic rings. The molecule has 2 atom stereocenters. The van der Waals surface area contributed by atoms with Crippen LogP contribution in [0, 0.1) is 17.7 Å². The number of amides is 1. The van der Waals surface area contributed by atoms with E-state index in [9.17, 15) is 9.18 Å². The van der Waals surface area contributed by atoms with Crippen molar-refractivity contribution < 1.29 is 14.3 Å². The van der Waals surface area contributed by atoms with E-state index >= 15 is 0 Å². The van der Waals surface area contributed by atoms with E-state index in [1.807, 2.05) is 0 Å². The van der Waals surface area contributed by atoms with E-state index in [4.69, 9.17) is 16.7 Å². The van der Waals surface area contributed by atoms with Crippen molar-refractivity contribution >= 4 is 17.5 Å². The molecule has 0 bridgehead atoms. The zero-order valence-corrected chi connectivity index (χ0v) is 13.7. The van der Waals surface area contributed by atoms with Crippen LogP contribution in [0.2, 0.25) is 5.02 Å². The highest BCUT2D eigenvalue weighted by atomic mass is 35.5. The lowest BCUT2D eigenvalue weighted by Crippen LogP contribution is -2.41. The van der Waals surface area contributed by atoms with Crippen molar-refractivity contribution in [3.63, 3.8) is 0 Å². The molecule has 23 heavy (non-hydrogen) atoms. The molecule has 0 aromatic heterocycles. The minimum absolute atomic E-state index is 0.0928. The highest BCUT2D eigenvalue weighted by molar-refractivity contribution is 6.31. The van der Waals surface area contributed by atoms with Crippen molar-refractivity contribution in [3.8, 4) is 0 Å². The lowest BCUT2D eigenvalue weighted by Gasteiger charge is -2.19. The number of carbonyl (C=O) groups is 1. The van der Waals surface area contributed by atoms with E-state index in [1.54, 1.807) is 6.07 Å². The van der Waals surface area contributed by atoms with Gasteiger partial charge in [-0.05, 0) is 42.4 Å². The first-order valence-electron chi connectivity index (χ1n) is 8.13. The van der Waals surface area contributed by atoms with Gasteiger partial charge in [0.15, 0.2) is 0 Å². The van der Waals surface area contributed by atoms with Crippen molar-refractivity contribution in [2.45, 2.75) is 31.8 Å². The Morgan fingerprint density at radius 1 is 1.39 bits per heavy atom. The van der Waals surface area contributed by atoms with E-state index in [1.165, 1.54) is 25.0 Å². The Balaban J connectivity index is 1.64. The molecule has 1 aliphatic heterocycles. The van der Waals surface area contributed by atoms with Crippen LogP contribution in [0.15, 0.2) is 18.2 Å². The maximum Gasteiger partial charge on any atom is 0.222 e. The minimum Gasteiger partial charge on any atom is -0.396 e. The number of hydrogen-bond acceptors (Lipinski definition) is 3. The molecule has 2 fully saturated rings. The van der Waals surface area contributed by atoms with Crippen LogP contribution in [0.1, 0.15) is 24.8 Å². The monoisotopic (exact) mass is 340 g/mol. The molecule has 1 aromatic carbocycles. The van der Waals surface area contributed by atoms with Gasteiger partial charge in [0.1, 0.15) is 5.82 Å². The molecule has 4 nitrogen and oxygen atoms in total. The van der Waals surface area contributed by atoms with Crippen molar-refractivity contribution in [2.75, 3.05) is 19.7 Å². The van der Waals surface area contributed by atoms with Gasteiger partial charge in [-0.1, -0.05) is 17.7 Å². The van der Waals surface area contributed by atoms with Gasteiger partial charge in [0.05, 0.1) is 6.61 Å². The van der Waals surface area contributed by atoms with E-state index in [0.717, 1.165) is 18.7 Å². The zero-order valence-electron chi connectivity index (χ0n) is 13.0. The molecule has 0 spiro atoms. The second-order valence-corrected chi connectivity index (χ2v) is 6.99. The van der Waals surface area contributed by atoms with Gasteiger partial charge in [-0.3, -0.25) is 9.69 Å². The largest absolute Gasteiger partial charge is 0.396 e. The molecule has 1 heterocycles. The van der Waals surface area contributed by atoms with E-state index in [2.05, 4.69) is 10.2 Å². The normalized spacial score (nSPS) is 24.8.